The van der Waals surface area contributed by atoms with Crippen molar-refractivity contribution in [3.8, 4) is 0 Å². The molecule has 0 spiro atoms. The molecule has 1 fully saturated rings. The van der Waals surface area contributed by atoms with E-state index in [0.717, 1.165) is 13.1 Å². The Morgan fingerprint density at radius 1 is 1.38 bits per heavy atom. The van der Waals surface area contributed by atoms with Crippen LogP contribution in [0.2, 0.25) is 0 Å². The summed E-state index contributed by atoms with van der Waals surface area (Å²) in [4.78, 5) is 16.7. The van der Waals surface area contributed by atoms with Crippen LogP contribution in [-0.2, 0) is 0 Å². The highest BCUT2D eigenvalue weighted by Gasteiger charge is 2.31. The molecular formula is C16H25N3OS. The molecule has 1 saturated carbocycles. The number of hydrogen-bond donors (Lipinski definition) is 2. The Labute approximate surface area is 131 Å². The normalized spacial score (nSPS) is 17.2. The maximum atomic E-state index is 12.4. The molecule has 0 aromatic carbocycles. The lowest BCUT2D eigenvalue weighted by atomic mass is 9.88. The van der Waals surface area contributed by atoms with Gasteiger partial charge < -0.3 is 10.6 Å². The first-order chi connectivity index (χ1) is 10.2. The second-order valence-corrected chi connectivity index (χ2v) is 6.83. The van der Waals surface area contributed by atoms with Crippen molar-refractivity contribution < 1.29 is 4.79 Å². The number of carbonyl (C=O) groups excluding carboxylic acids is 1. The quantitative estimate of drug-likeness (QED) is 0.846. The van der Waals surface area contributed by atoms with Crippen LogP contribution in [0.25, 0.3) is 0 Å². The van der Waals surface area contributed by atoms with Crippen LogP contribution < -0.4 is 10.6 Å². The lowest BCUT2D eigenvalue weighted by molar-refractivity contribution is 0.0947. The topological polar surface area (TPSA) is 54.0 Å². The van der Waals surface area contributed by atoms with E-state index in [9.17, 15) is 4.79 Å². The van der Waals surface area contributed by atoms with Crippen LogP contribution >= 0.6 is 11.8 Å². The van der Waals surface area contributed by atoms with E-state index in [1.807, 2.05) is 24.8 Å². The van der Waals surface area contributed by atoms with Crippen molar-refractivity contribution in [2.24, 2.45) is 0 Å². The Morgan fingerprint density at radius 3 is 2.81 bits per heavy atom. The van der Waals surface area contributed by atoms with Crippen LogP contribution in [0.15, 0.2) is 18.3 Å². The van der Waals surface area contributed by atoms with Crippen LogP contribution in [0.5, 0.6) is 0 Å². The van der Waals surface area contributed by atoms with Crippen LogP contribution in [0, 0.1) is 0 Å². The minimum Gasteiger partial charge on any atom is -0.370 e. The molecule has 1 aliphatic rings. The highest BCUT2D eigenvalue weighted by atomic mass is 32.2. The Bertz CT molecular complexity index is 472. The molecule has 4 nitrogen and oxygen atoms in total. The Morgan fingerprint density at radius 2 is 2.14 bits per heavy atom. The number of anilines is 1. The van der Waals surface area contributed by atoms with Crippen molar-refractivity contribution in [2.75, 3.05) is 24.7 Å². The Hall–Kier alpha value is -1.23. The lowest BCUT2D eigenvalue weighted by Crippen LogP contribution is -2.42. The van der Waals surface area contributed by atoms with Crippen LogP contribution in [0.3, 0.4) is 0 Å². The fourth-order valence-corrected chi connectivity index (χ4v) is 3.80. The van der Waals surface area contributed by atoms with E-state index in [1.54, 1.807) is 12.3 Å². The molecule has 21 heavy (non-hydrogen) atoms. The molecule has 5 heteroatoms. The molecule has 1 aromatic heterocycles. The van der Waals surface area contributed by atoms with Gasteiger partial charge >= 0.3 is 0 Å². The summed E-state index contributed by atoms with van der Waals surface area (Å²) in [6.45, 7) is 3.50. The SMILES string of the molecule is CCNc1ncccc1C(=O)NCC1(SC)CCCCC1. The van der Waals surface area contributed by atoms with Gasteiger partial charge in [-0.1, -0.05) is 19.3 Å². The molecule has 2 N–H and O–H groups in total. The van der Waals surface area contributed by atoms with Crippen molar-refractivity contribution in [2.45, 2.75) is 43.8 Å². The zero-order valence-electron chi connectivity index (χ0n) is 12.9. The van der Waals surface area contributed by atoms with Crippen LogP contribution in [-0.4, -0.2) is 35.0 Å². The van der Waals surface area contributed by atoms with Gasteiger partial charge in [0.2, 0.25) is 0 Å². The number of nitrogens with zero attached hydrogens (tertiary/aromatic N) is 1. The van der Waals surface area contributed by atoms with Gasteiger partial charge in [0, 0.05) is 24.0 Å². The van der Waals surface area contributed by atoms with E-state index in [1.165, 1.54) is 32.1 Å². The van der Waals surface area contributed by atoms with Gasteiger partial charge in [0.05, 0.1) is 5.56 Å². The summed E-state index contributed by atoms with van der Waals surface area (Å²) < 4.78 is 0.217. The molecule has 0 unspecified atom stereocenters. The summed E-state index contributed by atoms with van der Waals surface area (Å²) >= 11 is 1.90. The molecule has 0 radical (unpaired) electrons. The second kappa shape index (κ2) is 7.69. The summed E-state index contributed by atoms with van der Waals surface area (Å²) in [7, 11) is 0. The minimum absolute atomic E-state index is 0.0296. The lowest BCUT2D eigenvalue weighted by Gasteiger charge is -2.35. The smallest absolute Gasteiger partial charge is 0.255 e. The molecular weight excluding hydrogens is 282 g/mol. The average Bonchev–Trinajstić information content (AvgIpc) is 2.54. The van der Waals surface area contributed by atoms with Gasteiger partial charge in [-0.3, -0.25) is 4.79 Å². The first kappa shape index (κ1) is 16.1. The third-order valence-electron chi connectivity index (χ3n) is 4.17. The summed E-state index contributed by atoms with van der Waals surface area (Å²) in [5.74, 6) is 0.636. The number of aromatic nitrogens is 1. The minimum atomic E-state index is -0.0296. The number of nitrogens with one attached hydrogen (secondary N) is 2. The summed E-state index contributed by atoms with van der Waals surface area (Å²) in [6, 6.07) is 3.63. The Kier molecular flexibility index (Phi) is 5.91. The van der Waals surface area contributed by atoms with E-state index < -0.39 is 0 Å². The second-order valence-electron chi connectivity index (χ2n) is 5.56. The van der Waals surface area contributed by atoms with Gasteiger partial charge in [0.25, 0.3) is 5.91 Å². The van der Waals surface area contributed by atoms with Crippen molar-refractivity contribution in [3.05, 3.63) is 23.9 Å². The molecule has 0 atom stereocenters. The number of rotatable bonds is 6. The van der Waals surface area contributed by atoms with Crippen molar-refractivity contribution >= 4 is 23.5 Å². The predicted molar refractivity (Wildman–Crippen MR) is 90.1 cm³/mol. The van der Waals surface area contributed by atoms with Crippen LogP contribution in [0.4, 0.5) is 5.82 Å². The van der Waals surface area contributed by atoms with Crippen molar-refractivity contribution in [1.29, 1.82) is 0 Å². The molecule has 2 rings (SSSR count). The van der Waals surface area contributed by atoms with E-state index in [-0.39, 0.29) is 10.7 Å². The van der Waals surface area contributed by atoms with Crippen molar-refractivity contribution in [3.63, 3.8) is 0 Å². The van der Waals surface area contributed by atoms with Gasteiger partial charge in [-0.05, 0) is 38.2 Å². The predicted octanol–water partition coefficient (Wildman–Crippen LogP) is 3.31. The summed E-state index contributed by atoms with van der Waals surface area (Å²) in [5, 5.41) is 6.26. The van der Waals surface area contributed by atoms with Gasteiger partial charge in [0.1, 0.15) is 5.82 Å². The number of amides is 1. The van der Waals surface area contributed by atoms with E-state index in [2.05, 4.69) is 21.9 Å². The number of pyridine rings is 1. The molecule has 1 heterocycles. The monoisotopic (exact) mass is 307 g/mol. The molecule has 0 bridgehead atoms. The molecule has 0 aliphatic heterocycles. The maximum absolute atomic E-state index is 12.4. The fourth-order valence-electron chi connectivity index (χ4n) is 2.88. The third-order valence-corrected chi connectivity index (χ3v) is 5.58. The zero-order valence-corrected chi connectivity index (χ0v) is 13.8. The average molecular weight is 307 g/mol. The zero-order chi connectivity index (χ0) is 15.1. The van der Waals surface area contributed by atoms with Gasteiger partial charge in [-0.2, -0.15) is 11.8 Å². The number of hydrogen-bond acceptors (Lipinski definition) is 4. The van der Waals surface area contributed by atoms with E-state index in [4.69, 9.17) is 0 Å². The first-order valence-electron chi connectivity index (χ1n) is 7.73. The molecule has 0 saturated heterocycles. The summed E-state index contributed by atoms with van der Waals surface area (Å²) in [5.41, 5.74) is 0.631. The molecule has 1 aliphatic carbocycles. The Balaban J connectivity index is 2.01. The third kappa shape index (κ3) is 4.13. The highest BCUT2D eigenvalue weighted by Crippen LogP contribution is 2.38. The summed E-state index contributed by atoms with van der Waals surface area (Å²) in [6.07, 6.45) is 10.1. The molecule has 1 amide bonds. The largest absolute Gasteiger partial charge is 0.370 e. The standard InChI is InChI=1S/C16H25N3OS/c1-3-17-14-13(8-7-11-18-14)15(20)19-12-16(21-2)9-5-4-6-10-16/h7-8,11H,3-6,9-10,12H2,1-2H3,(H,17,18)(H,19,20). The highest BCUT2D eigenvalue weighted by molar-refractivity contribution is 8.00. The fraction of sp³-hybridized carbons (Fsp3) is 0.625. The van der Waals surface area contributed by atoms with E-state index in [0.29, 0.717) is 11.4 Å². The van der Waals surface area contributed by atoms with Crippen molar-refractivity contribution in [1.82, 2.24) is 10.3 Å². The number of thioether (sulfide) groups is 1. The van der Waals surface area contributed by atoms with Gasteiger partial charge in [-0.25, -0.2) is 4.98 Å². The first-order valence-corrected chi connectivity index (χ1v) is 8.95. The number of carbonyl (C=O) groups is 1. The van der Waals surface area contributed by atoms with E-state index >= 15 is 0 Å². The van der Waals surface area contributed by atoms with Gasteiger partial charge in [-0.15, -0.1) is 0 Å². The molecule has 116 valence electrons. The van der Waals surface area contributed by atoms with Crippen LogP contribution in [0.1, 0.15) is 49.4 Å². The molecule has 1 aromatic rings. The maximum Gasteiger partial charge on any atom is 0.255 e. The van der Waals surface area contributed by atoms with Gasteiger partial charge in [0.15, 0.2) is 0 Å².